The van der Waals surface area contributed by atoms with Gasteiger partial charge in [-0.25, -0.2) is 0 Å². The number of hydrogen-bond donors (Lipinski definition) is 1. The van der Waals surface area contributed by atoms with E-state index in [4.69, 9.17) is 9.84 Å². The Kier molecular flexibility index (Phi) is 5.01. The highest BCUT2D eigenvalue weighted by atomic mass is 16.5. The lowest BCUT2D eigenvalue weighted by molar-refractivity contribution is -0.132. The molecule has 1 amide bonds. The van der Waals surface area contributed by atoms with E-state index in [0.717, 1.165) is 24.2 Å². The summed E-state index contributed by atoms with van der Waals surface area (Å²) >= 11 is 0. The molecular formula is C16H23NO3. The topological polar surface area (TPSA) is 49.8 Å². The Morgan fingerprint density at radius 3 is 2.75 bits per heavy atom. The summed E-state index contributed by atoms with van der Waals surface area (Å²) in [6, 6.07) is 8.16. The number of aliphatic hydroxyl groups excluding tert-OH is 1. The second kappa shape index (κ2) is 6.75. The van der Waals surface area contributed by atoms with Crippen molar-refractivity contribution >= 4 is 5.91 Å². The molecule has 1 fully saturated rings. The fraction of sp³-hybridized carbons (Fsp3) is 0.562. The molecule has 0 spiro atoms. The number of aliphatic hydroxyl groups is 1. The summed E-state index contributed by atoms with van der Waals surface area (Å²) in [6.45, 7) is 2.52. The zero-order valence-corrected chi connectivity index (χ0v) is 12.2. The van der Waals surface area contributed by atoms with E-state index in [-0.39, 0.29) is 18.4 Å². The van der Waals surface area contributed by atoms with Gasteiger partial charge in [-0.2, -0.15) is 0 Å². The zero-order chi connectivity index (χ0) is 14.5. The minimum Gasteiger partial charge on any atom is -0.496 e. The van der Waals surface area contributed by atoms with Crippen LogP contribution in [0, 0.1) is 0 Å². The average molecular weight is 277 g/mol. The van der Waals surface area contributed by atoms with Crippen molar-refractivity contribution in [3.05, 3.63) is 29.8 Å². The summed E-state index contributed by atoms with van der Waals surface area (Å²) in [6.07, 6.45) is 2.58. The van der Waals surface area contributed by atoms with Crippen LogP contribution in [0.2, 0.25) is 0 Å². The van der Waals surface area contributed by atoms with Crippen molar-refractivity contribution in [2.24, 2.45) is 0 Å². The van der Waals surface area contributed by atoms with Gasteiger partial charge in [0.1, 0.15) is 5.75 Å². The summed E-state index contributed by atoms with van der Waals surface area (Å²) < 4.78 is 5.35. The van der Waals surface area contributed by atoms with Gasteiger partial charge < -0.3 is 14.7 Å². The molecule has 0 aromatic heterocycles. The molecule has 1 N–H and O–H groups in total. The van der Waals surface area contributed by atoms with Crippen LogP contribution in [0.5, 0.6) is 5.75 Å². The Morgan fingerprint density at radius 1 is 1.45 bits per heavy atom. The van der Waals surface area contributed by atoms with Crippen LogP contribution in [0.4, 0.5) is 0 Å². The number of carbonyl (C=O) groups excluding carboxylic acids is 1. The van der Waals surface area contributed by atoms with Crippen molar-refractivity contribution in [3.63, 3.8) is 0 Å². The van der Waals surface area contributed by atoms with E-state index in [1.165, 1.54) is 0 Å². The van der Waals surface area contributed by atoms with Gasteiger partial charge in [0, 0.05) is 19.0 Å². The summed E-state index contributed by atoms with van der Waals surface area (Å²) in [5.74, 6) is 1.06. The van der Waals surface area contributed by atoms with Crippen molar-refractivity contribution in [3.8, 4) is 5.75 Å². The van der Waals surface area contributed by atoms with Gasteiger partial charge in [0.05, 0.1) is 13.7 Å². The fourth-order valence-corrected chi connectivity index (χ4v) is 2.57. The van der Waals surface area contributed by atoms with E-state index in [1.807, 2.05) is 36.1 Å². The van der Waals surface area contributed by atoms with Gasteiger partial charge in [0.15, 0.2) is 0 Å². The Hall–Kier alpha value is -1.55. The first-order valence-corrected chi connectivity index (χ1v) is 7.20. The van der Waals surface area contributed by atoms with Crippen LogP contribution < -0.4 is 4.74 Å². The van der Waals surface area contributed by atoms with Crippen LogP contribution in [0.1, 0.15) is 37.7 Å². The molecule has 1 saturated carbocycles. The van der Waals surface area contributed by atoms with Crippen LogP contribution >= 0.6 is 0 Å². The van der Waals surface area contributed by atoms with Gasteiger partial charge in [-0.05, 0) is 30.4 Å². The molecule has 1 unspecified atom stereocenters. The van der Waals surface area contributed by atoms with Crippen molar-refractivity contribution in [2.45, 2.75) is 38.1 Å². The minimum absolute atomic E-state index is 0.0330. The predicted octanol–water partition coefficient (Wildman–Crippen LogP) is 2.17. The summed E-state index contributed by atoms with van der Waals surface area (Å²) in [5.41, 5.74) is 1.06. The molecule has 1 aliphatic rings. The molecule has 1 aliphatic carbocycles. The van der Waals surface area contributed by atoms with E-state index < -0.39 is 0 Å². The molecule has 4 heteroatoms. The highest BCUT2D eigenvalue weighted by molar-refractivity contribution is 5.78. The Balaban J connectivity index is 2.02. The lowest BCUT2D eigenvalue weighted by Gasteiger charge is -2.24. The van der Waals surface area contributed by atoms with Gasteiger partial charge in [0.25, 0.3) is 0 Å². The summed E-state index contributed by atoms with van der Waals surface area (Å²) in [4.78, 5) is 14.2. The van der Waals surface area contributed by atoms with Crippen LogP contribution in [0.15, 0.2) is 24.3 Å². The van der Waals surface area contributed by atoms with Crippen molar-refractivity contribution in [2.75, 3.05) is 20.3 Å². The maximum Gasteiger partial charge on any atom is 0.223 e. The lowest BCUT2D eigenvalue weighted by Crippen LogP contribution is -2.36. The molecule has 1 atom stereocenters. The van der Waals surface area contributed by atoms with E-state index >= 15 is 0 Å². The number of para-hydroxylation sites is 1. The molecule has 4 nitrogen and oxygen atoms in total. The number of rotatable bonds is 7. The first-order valence-electron chi connectivity index (χ1n) is 7.20. The smallest absolute Gasteiger partial charge is 0.223 e. The predicted molar refractivity (Wildman–Crippen MR) is 77.8 cm³/mol. The van der Waals surface area contributed by atoms with Gasteiger partial charge in [-0.1, -0.05) is 25.1 Å². The number of benzene rings is 1. The molecule has 0 saturated heterocycles. The molecule has 20 heavy (non-hydrogen) atoms. The number of methoxy groups -OCH3 is 1. The van der Waals surface area contributed by atoms with Gasteiger partial charge >= 0.3 is 0 Å². The van der Waals surface area contributed by atoms with Crippen LogP contribution in [0.25, 0.3) is 0 Å². The monoisotopic (exact) mass is 277 g/mol. The van der Waals surface area contributed by atoms with Crippen molar-refractivity contribution in [1.29, 1.82) is 0 Å². The third-order valence-electron chi connectivity index (χ3n) is 3.80. The number of hydrogen-bond acceptors (Lipinski definition) is 3. The van der Waals surface area contributed by atoms with E-state index in [2.05, 4.69) is 0 Å². The van der Waals surface area contributed by atoms with Crippen LogP contribution in [-0.2, 0) is 4.79 Å². The van der Waals surface area contributed by atoms with E-state index in [9.17, 15) is 4.79 Å². The molecule has 1 aromatic carbocycles. The largest absolute Gasteiger partial charge is 0.496 e. The molecule has 0 radical (unpaired) electrons. The number of carbonyl (C=O) groups is 1. The molecule has 0 bridgehead atoms. The van der Waals surface area contributed by atoms with Crippen molar-refractivity contribution in [1.82, 2.24) is 4.90 Å². The maximum absolute atomic E-state index is 12.4. The number of nitrogens with zero attached hydrogens (tertiary/aromatic N) is 1. The fourth-order valence-electron chi connectivity index (χ4n) is 2.57. The summed E-state index contributed by atoms with van der Waals surface area (Å²) in [5, 5.41) is 9.08. The standard InChI is InChI=1S/C16H23NO3/c1-12(14-5-3-4-6-15(14)20-2)11-16(19)17(9-10-18)13-7-8-13/h3-6,12-13,18H,7-11H2,1-2H3. The first kappa shape index (κ1) is 14.9. The second-order valence-corrected chi connectivity index (χ2v) is 5.39. The van der Waals surface area contributed by atoms with Gasteiger partial charge in [-0.15, -0.1) is 0 Å². The highest BCUT2D eigenvalue weighted by Crippen LogP contribution is 2.31. The Bertz CT molecular complexity index is 457. The molecule has 2 rings (SSSR count). The molecule has 110 valence electrons. The number of amides is 1. The Morgan fingerprint density at radius 2 is 2.15 bits per heavy atom. The van der Waals surface area contributed by atoms with E-state index in [1.54, 1.807) is 7.11 Å². The van der Waals surface area contributed by atoms with Crippen LogP contribution in [-0.4, -0.2) is 42.2 Å². The maximum atomic E-state index is 12.4. The Labute approximate surface area is 120 Å². The van der Waals surface area contributed by atoms with Crippen molar-refractivity contribution < 1.29 is 14.6 Å². The third kappa shape index (κ3) is 3.51. The third-order valence-corrected chi connectivity index (χ3v) is 3.80. The highest BCUT2D eigenvalue weighted by Gasteiger charge is 2.32. The molecule has 1 aromatic rings. The lowest BCUT2D eigenvalue weighted by atomic mass is 9.96. The SMILES string of the molecule is COc1ccccc1C(C)CC(=O)N(CCO)C1CC1. The second-order valence-electron chi connectivity index (χ2n) is 5.39. The minimum atomic E-state index is 0.0330. The van der Waals surface area contributed by atoms with Gasteiger partial charge in [0.2, 0.25) is 5.91 Å². The molecular weight excluding hydrogens is 254 g/mol. The average Bonchev–Trinajstić information content (AvgIpc) is 3.28. The quantitative estimate of drug-likeness (QED) is 0.831. The summed E-state index contributed by atoms with van der Waals surface area (Å²) in [7, 11) is 1.65. The van der Waals surface area contributed by atoms with Crippen LogP contribution in [0.3, 0.4) is 0 Å². The first-order chi connectivity index (χ1) is 9.67. The normalized spacial score (nSPS) is 15.8. The molecule has 0 heterocycles. The van der Waals surface area contributed by atoms with Gasteiger partial charge in [-0.3, -0.25) is 4.79 Å². The number of ether oxygens (including phenoxy) is 1. The zero-order valence-electron chi connectivity index (χ0n) is 12.2. The molecule has 0 aliphatic heterocycles. The van der Waals surface area contributed by atoms with E-state index in [0.29, 0.717) is 19.0 Å².